The van der Waals surface area contributed by atoms with E-state index in [2.05, 4.69) is 47.5 Å². The fourth-order valence-corrected chi connectivity index (χ4v) is 4.83. The maximum atomic E-state index is 13.1. The number of nitrogens with zero attached hydrogens (tertiary/aromatic N) is 5. The van der Waals surface area contributed by atoms with Gasteiger partial charge in [-0.15, -0.1) is 11.3 Å². The van der Waals surface area contributed by atoms with Crippen molar-refractivity contribution in [3.8, 4) is 10.6 Å². The Morgan fingerprint density at radius 1 is 1.25 bits per heavy atom. The van der Waals surface area contributed by atoms with Crippen molar-refractivity contribution in [3.05, 3.63) is 35.1 Å². The first-order chi connectivity index (χ1) is 13.5. The van der Waals surface area contributed by atoms with Crippen molar-refractivity contribution >= 4 is 28.3 Å². The first kappa shape index (κ1) is 19.1. The minimum absolute atomic E-state index is 0.114. The molecule has 0 atom stereocenters. The van der Waals surface area contributed by atoms with E-state index in [-0.39, 0.29) is 5.91 Å². The summed E-state index contributed by atoms with van der Waals surface area (Å²) in [6.45, 7) is 12.9. The molecule has 0 unspecified atom stereocenters. The van der Waals surface area contributed by atoms with Crippen molar-refractivity contribution in [2.45, 2.75) is 33.7 Å². The largest absolute Gasteiger partial charge is 0.335 e. The number of hydrogen-bond donors (Lipinski definition) is 0. The number of likely N-dealkylation sites (N-methyl/N-ethyl adjacent to an activating group) is 1. The van der Waals surface area contributed by atoms with Gasteiger partial charge < -0.3 is 14.4 Å². The molecule has 0 aliphatic carbocycles. The van der Waals surface area contributed by atoms with E-state index in [1.807, 2.05) is 24.1 Å². The molecular formula is C21H27N5OS. The maximum absolute atomic E-state index is 13.1. The first-order valence-electron chi connectivity index (χ1n) is 9.94. The summed E-state index contributed by atoms with van der Waals surface area (Å²) in [7, 11) is 0. The molecule has 0 saturated carbocycles. The van der Waals surface area contributed by atoms with E-state index in [9.17, 15) is 4.79 Å². The lowest BCUT2D eigenvalue weighted by molar-refractivity contribution is 0.0647. The molecule has 28 heavy (non-hydrogen) atoms. The van der Waals surface area contributed by atoms with Crippen LogP contribution in [0.5, 0.6) is 0 Å². The van der Waals surface area contributed by atoms with Crippen molar-refractivity contribution in [2.75, 3.05) is 32.7 Å². The maximum Gasteiger partial charge on any atom is 0.265 e. The topological polar surface area (TPSA) is 54.3 Å². The van der Waals surface area contributed by atoms with Gasteiger partial charge in [0.05, 0.1) is 5.69 Å². The van der Waals surface area contributed by atoms with Crippen LogP contribution >= 0.6 is 11.3 Å². The van der Waals surface area contributed by atoms with E-state index in [0.29, 0.717) is 6.04 Å². The van der Waals surface area contributed by atoms with Gasteiger partial charge in [0.25, 0.3) is 5.91 Å². The number of hydrogen-bond acceptors (Lipinski definition) is 5. The Hall–Kier alpha value is -2.25. The lowest BCUT2D eigenvalue weighted by Crippen LogP contribution is -2.48. The molecule has 0 bridgehead atoms. The SMILES string of the molecule is CCN1CCN(C(=O)c2sc(-c3cn(C(C)C)c4ncccc34)nc2C)CC1. The molecular weight excluding hydrogens is 370 g/mol. The highest BCUT2D eigenvalue weighted by atomic mass is 32.1. The molecule has 0 aromatic carbocycles. The summed E-state index contributed by atoms with van der Waals surface area (Å²) in [5, 5.41) is 1.98. The molecule has 4 heterocycles. The molecule has 1 aliphatic heterocycles. The van der Waals surface area contributed by atoms with Crippen LogP contribution < -0.4 is 0 Å². The Bertz CT molecular complexity index is 998. The number of amides is 1. The monoisotopic (exact) mass is 397 g/mol. The zero-order chi connectivity index (χ0) is 19.8. The molecule has 1 fully saturated rings. The Labute approximate surface area is 169 Å². The molecule has 4 rings (SSSR count). The highest BCUT2D eigenvalue weighted by Crippen LogP contribution is 2.35. The average Bonchev–Trinajstić information content (AvgIpc) is 3.28. The van der Waals surface area contributed by atoms with E-state index in [1.165, 1.54) is 11.3 Å². The van der Waals surface area contributed by atoms with Crippen LogP contribution in [0, 0.1) is 6.92 Å². The van der Waals surface area contributed by atoms with Gasteiger partial charge in [-0.3, -0.25) is 4.79 Å². The minimum atomic E-state index is 0.114. The van der Waals surface area contributed by atoms with Gasteiger partial charge in [0, 0.05) is 55.6 Å². The van der Waals surface area contributed by atoms with Crippen molar-refractivity contribution in [1.29, 1.82) is 0 Å². The van der Waals surface area contributed by atoms with Crippen LogP contribution in [0.15, 0.2) is 24.5 Å². The molecule has 1 amide bonds. The second-order valence-electron chi connectivity index (χ2n) is 7.58. The van der Waals surface area contributed by atoms with Crippen molar-refractivity contribution < 1.29 is 4.79 Å². The molecule has 0 radical (unpaired) electrons. The molecule has 1 aliphatic rings. The third-order valence-electron chi connectivity index (χ3n) is 5.47. The molecule has 148 valence electrons. The van der Waals surface area contributed by atoms with Crippen LogP contribution in [0.2, 0.25) is 0 Å². The Kier molecular flexibility index (Phi) is 5.21. The van der Waals surface area contributed by atoms with Crippen LogP contribution in [0.1, 0.15) is 42.2 Å². The zero-order valence-electron chi connectivity index (χ0n) is 17.0. The number of carbonyl (C=O) groups excluding carboxylic acids is 1. The number of pyridine rings is 1. The van der Waals surface area contributed by atoms with Crippen molar-refractivity contribution in [3.63, 3.8) is 0 Å². The second kappa shape index (κ2) is 7.64. The quantitative estimate of drug-likeness (QED) is 0.671. The fraction of sp³-hybridized carbons (Fsp3) is 0.476. The van der Waals surface area contributed by atoms with Gasteiger partial charge in [-0.05, 0) is 39.4 Å². The molecule has 3 aromatic rings. The van der Waals surface area contributed by atoms with Gasteiger partial charge in [-0.25, -0.2) is 9.97 Å². The summed E-state index contributed by atoms with van der Waals surface area (Å²) in [6.07, 6.45) is 3.94. The number of fused-ring (bicyclic) bond motifs is 1. The number of piperazine rings is 1. The lowest BCUT2D eigenvalue weighted by atomic mass is 10.2. The standard InChI is InChI=1S/C21H27N5OS/c1-5-24-9-11-25(12-10-24)21(27)18-15(4)23-20(28-18)17-13-26(14(2)3)19-16(17)7-6-8-22-19/h6-8,13-14H,5,9-12H2,1-4H3. The average molecular weight is 398 g/mol. The van der Waals surface area contributed by atoms with Crippen LogP contribution in [0.4, 0.5) is 0 Å². The number of rotatable bonds is 4. The van der Waals surface area contributed by atoms with Crippen LogP contribution in [-0.2, 0) is 0 Å². The summed E-state index contributed by atoms with van der Waals surface area (Å²) >= 11 is 1.50. The summed E-state index contributed by atoms with van der Waals surface area (Å²) in [5.41, 5.74) is 2.83. The second-order valence-corrected chi connectivity index (χ2v) is 8.58. The molecule has 7 heteroatoms. The highest BCUT2D eigenvalue weighted by molar-refractivity contribution is 7.17. The highest BCUT2D eigenvalue weighted by Gasteiger charge is 2.26. The van der Waals surface area contributed by atoms with Crippen molar-refractivity contribution in [2.24, 2.45) is 0 Å². The van der Waals surface area contributed by atoms with Gasteiger partial charge in [-0.1, -0.05) is 6.92 Å². The Balaban J connectivity index is 1.67. The third kappa shape index (κ3) is 3.33. The van der Waals surface area contributed by atoms with E-state index >= 15 is 0 Å². The lowest BCUT2D eigenvalue weighted by Gasteiger charge is -2.33. The summed E-state index contributed by atoms with van der Waals surface area (Å²) in [6, 6.07) is 4.35. The van der Waals surface area contributed by atoms with Gasteiger partial charge in [0.2, 0.25) is 0 Å². The summed E-state index contributed by atoms with van der Waals surface area (Å²) < 4.78 is 2.17. The minimum Gasteiger partial charge on any atom is -0.335 e. The number of carbonyl (C=O) groups is 1. The number of aromatic nitrogens is 3. The number of thiazole rings is 1. The molecule has 3 aromatic heterocycles. The zero-order valence-corrected chi connectivity index (χ0v) is 17.8. The molecule has 0 spiro atoms. The van der Waals surface area contributed by atoms with E-state index in [1.54, 1.807) is 0 Å². The van der Waals surface area contributed by atoms with Gasteiger partial charge in [0.1, 0.15) is 15.5 Å². The summed E-state index contributed by atoms with van der Waals surface area (Å²) in [5.74, 6) is 0.114. The normalized spacial score (nSPS) is 15.7. The Morgan fingerprint density at radius 3 is 2.68 bits per heavy atom. The van der Waals surface area contributed by atoms with Crippen LogP contribution in [0.25, 0.3) is 21.6 Å². The number of aryl methyl sites for hydroxylation is 1. The van der Waals surface area contributed by atoms with E-state index in [4.69, 9.17) is 4.98 Å². The Morgan fingerprint density at radius 2 is 2.00 bits per heavy atom. The molecule has 1 saturated heterocycles. The van der Waals surface area contributed by atoms with E-state index < -0.39 is 0 Å². The van der Waals surface area contributed by atoms with Gasteiger partial charge in [0.15, 0.2) is 0 Å². The predicted molar refractivity (Wildman–Crippen MR) is 114 cm³/mol. The van der Waals surface area contributed by atoms with Crippen LogP contribution in [-0.4, -0.2) is 63.0 Å². The van der Waals surface area contributed by atoms with Crippen molar-refractivity contribution in [1.82, 2.24) is 24.3 Å². The fourth-order valence-electron chi connectivity index (χ4n) is 3.77. The first-order valence-corrected chi connectivity index (χ1v) is 10.8. The van der Waals surface area contributed by atoms with Gasteiger partial charge in [-0.2, -0.15) is 0 Å². The third-order valence-corrected chi connectivity index (χ3v) is 6.65. The van der Waals surface area contributed by atoms with Crippen LogP contribution in [0.3, 0.4) is 0 Å². The smallest absolute Gasteiger partial charge is 0.265 e. The predicted octanol–water partition coefficient (Wildman–Crippen LogP) is 3.83. The van der Waals surface area contributed by atoms with Gasteiger partial charge >= 0.3 is 0 Å². The molecule has 0 N–H and O–H groups in total. The molecule has 6 nitrogen and oxygen atoms in total. The summed E-state index contributed by atoms with van der Waals surface area (Å²) in [4.78, 5) is 27.5. The van der Waals surface area contributed by atoms with E-state index in [0.717, 1.165) is 64.9 Å².